The Balaban J connectivity index is 2.31. The normalized spacial score (nSPS) is 13.1. The number of benzene rings is 2. The van der Waals surface area contributed by atoms with Gasteiger partial charge in [-0.1, -0.05) is 46.3 Å². The van der Waals surface area contributed by atoms with Crippen LogP contribution in [0.15, 0.2) is 53.0 Å². The van der Waals surface area contributed by atoms with Crippen molar-refractivity contribution >= 4 is 21.6 Å². The number of hydrogen-bond acceptors (Lipinski definition) is 1. The lowest BCUT2D eigenvalue weighted by Crippen LogP contribution is -2.13. The second-order valence-electron chi connectivity index (χ2n) is 4.46. The molecule has 0 aliphatic rings. The summed E-state index contributed by atoms with van der Waals surface area (Å²) in [5.74, 6) is 0. The SMILES string of the molecule is CC(Nc1cc(Br)ccc1C(F)(F)F)c1ccccc1. The van der Waals surface area contributed by atoms with Gasteiger partial charge in [-0.2, -0.15) is 13.2 Å². The maximum atomic E-state index is 13.0. The van der Waals surface area contributed by atoms with E-state index in [9.17, 15) is 13.2 Å². The van der Waals surface area contributed by atoms with Crippen molar-refractivity contribution < 1.29 is 13.2 Å². The highest BCUT2D eigenvalue weighted by Gasteiger charge is 2.33. The molecule has 0 saturated carbocycles. The van der Waals surface area contributed by atoms with Gasteiger partial charge in [0.05, 0.1) is 5.56 Å². The fraction of sp³-hybridized carbons (Fsp3) is 0.200. The van der Waals surface area contributed by atoms with Crippen LogP contribution >= 0.6 is 15.9 Å². The summed E-state index contributed by atoms with van der Waals surface area (Å²) in [6, 6.07) is 13.0. The van der Waals surface area contributed by atoms with Gasteiger partial charge in [-0.05, 0) is 30.7 Å². The van der Waals surface area contributed by atoms with Crippen molar-refractivity contribution in [1.29, 1.82) is 0 Å². The number of nitrogens with one attached hydrogen (secondary N) is 1. The van der Waals surface area contributed by atoms with Crippen molar-refractivity contribution in [2.45, 2.75) is 19.1 Å². The van der Waals surface area contributed by atoms with Crippen LogP contribution in [-0.4, -0.2) is 0 Å². The summed E-state index contributed by atoms with van der Waals surface area (Å²) < 4.78 is 39.5. The van der Waals surface area contributed by atoms with E-state index in [0.29, 0.717) is 4.47 Å². The second kappa shape index (κ2) is 5.87. The summed E-state index contributed by atoms with van der Waals surface area (Å²) >= 11 is 3.20. The van der Waals surface area contributed by atoms with Crippen LogP contribution in [0.2, 0.25) is 0 Å². The predicted molar refractivity (Wildman–Crippen MR) is 77.6 cm³/mol. The zero-order valence-electron chi connectivity index (χ0n) is 10.7. The smallest absolute Gasteiger partial charge is 0.378 e. The molecule has 5 heteroatoms. The highest BCUT2D eigenvalue weighted by molar-refractivity contribution is 9.10. The standard InChI is InChI=1S/C15H13BrF3N/c1-10(11-5-3-2-4-6-11)20-14-9-12(16)7-8-13(14)15(17,18)19/h2-10,20H,1H3. The third-order valence-corrected chi connectivity index (χ3v) is 3.45. The molecule has 1 unspecified atom stereocenters. The monoisotopic (exact) mass is 343 g/mol. The Bertz CT molecular complexity index is 581. The summed E-state index contributed by atoms with van der Waals surface area (Å²) in [4.78, 5) is 0. The van der Waals surface area contributed by atoms with Gasteiger partial charge in [0.2, 0.25) is 0 Å². The Hall–Kier alpha value is -1.49. The van der Waals surface area contributed by atoms with E-state index in [2.05, 4.69) is 21.2 Å². The molecule has 2 aromatic rings. The Labute approximate surface area is 123 Å². The lowest BCUT2D eigenvalue weighted by molar-refractivity contribution is -0.137. The van der Waals surface area contributed by atoms with Crippen LogP contribution in [0.3, 0.4) is 0 Å². The van der Waals surface area contributed by atoms with E-state index in [4.69, 9.17) is 0 Å². The van der Waals surface area contributed by atoms with Crippen molar-refractivity contribution in [2.75, 3.05) is 5.32 Å². The molecule has 1 atom stereocenters. The topological polar surface area (TPSA) is 12.0 Å². The molecule has 0 aromatic heterocycles. The van der Waals surface area contributed by atoms with E-state index in [1.165, 1.54) is 12.1 Å². The number of alkyl halides is 3. The van der Waals surface area contributed by atoms with Gasteiger partial charge in [0, 0.05) is 16.2 Å². The summed E-state index contributed by atoms with van der Waals surface area (Å²) in [6.07, 6.45) is -4.38. The molecule has 106 valence electrons. The molecular weight excluding hydrogens is 331 g/mol. The van der Waals surface area contributed by atoms with Crippen LogP contribution in [0.4, 0.5) is 18.9 Å². The third kappa shape index (κ3) is 3.54. The lowest BCUT2D eigenvalue weighted by Gasteiger charge is -2.20. The van der Waals surface area contributed by atoms with E-state index in [-0.39, 0.29) is 11.7 Å². The number of rotatable bonds is 3. The maximum Gasteiger partial charge on any atom is 0.418 e. The molecule has 20 heavy (non-hydrogen) atoms. The zero-order chi connectivity index (χ0) is 14.8. The first kappa shape index (κ1) is 14.9. The average Bonchev–Trinajstić information content (AvgIpc) is 2.38. The van der Waals surface area contributed by atoms with E-state index in [0.717, 1.165) is 11.6 Å². The van der Waals surface area contributed by atoms with E-state index < -0.39 is 11.7 Å². The molecule has 0 saturated heterocycles. The minimum atomic E-state index is -4.38. The quantitative estimate of drug-likeness (QED) is 0.760. The molecule has 1 nitrogen and oxygen atoms in total. The predicted octanol–water partition coefficient (Wildman–Crippen LogP) is 5.64. The first-order valence-electron chi connectivity index (χ1n) is 6.06. The summed E-state index contributed by atoms with van der Waals surface area (Å²) in [5.41, 5.74) is 0.340. The highest BCUT2D eigenvalue weighted by atomic mass is 79.9. The van der Waals surface area contributed by atoms with Crippen LogP contribution in [0.5, 0.6) is 0 Å². The van der Waals surface area contributed by atoms with Crippen molar-refractivity contribution in [2.24, 2.45) is 0 Å². The van der Waals surface area contributed by atoms with Crippen LogP contribution in [-0.2, 0) is 6.18 Å². The maximum absolute atomic E-state index is 13.0. The highest BCUT2D eigenvalue weighted by Crippen LogP contribution is 2.37. The van der Waals surface area contributed by atoms with Gasteiger partial charge in [0.15, 0.2) is 0 Å². The van der Waals surface area contributed by atoms with Crippen LogP contribution in [0.1, 0.15) is 24.1 Å². The Kier molecular flexibility index (Phi) is 4.38. The van der Waals surface area contributed by atoms with Gasteiger partial charge in [0.1, 0.15) is 0 Å². The minimum Gasteiger partial charge on any atom is -0.378 e. The largest absolute Gasteiger partial charge is 0.418 e. The van der Waals surface area contributed by atoms with Gasteiger partial charge in [-0.25, -0.2) is 0 Å². The first-order chi connectivity index (χ1) is 9.38. The fourth-order valence-electron chi connectivity index (χ4n) is 1.94. The molecule has 1 N–H and O–H groups in total. The summed E-state index contributed by atoms with van der Waals surface area (Å²) in [5, 5.41) is 2.92. The molecular formula is C15H13BrF3N. The molecule has 0 bridgehead atoms. The van der Waals surface area contributed by atoms with Gasteiger partial charge in [0.25, 0.3) is 0 Å². The molecule has 0 fully saturated rings. The average molecular weight is 344 g/mol. The lowest BCUT2D eigenvalue weighted by atomic mass is 10.1. The first-order valence-corrected chi connectivity index (χ1v) is 6.85. The number of anilines is 1. The fourth-order valence-corrected chi connectivity index (χ4v) is 2.30. The van der Waals surface area contributed by atoms with Crippen molar-refractivity contribution in [3.05, 3.63) is 64.1 Å². The molecule has 0 amide bonds. The van der Waals surface area contributed by atoms with Crippen molar-refractivity contribution in [3.8, 4) is 0 Å². The van der Waals surface area contributed by atoms with Gasteiger partial charge in [-0.15, -0.1) is 0 Å². The number of hydrogen-bond donors (Lipinski definition) is 1. The van der Waals surface area contributed by atoms with Crippen molar-refractivity contribution in [3.63, 3.8) is 0 Å². The van der Waals surface area contributed by atoms with Gasteiger partial charge in [-0.3, -0.25) is 0 Å². The zero-order valence-corrected chi connectivity index (χ0v) is 12.3. The summed E-state index contributed by atoms with van der Waals surface area (Å²) in [6.45, 7) is 1.83. The molecule has 2 aromatic carbocycles. The van der Waals surface area contributed by atoms with E-state index >= 15 is 0 Å². The second-order valence-corrected chi connectivity index (χ2v) is 5.38. The Morgan fingerprint density at radius 2 is 1.70 bits per heavy atom. The number of halogens is 4. The molecule has 0 aliphatic heterocycles. The van der Waals surface area contributed by atoms with Crippen molar-refractivity contribution in [1.82, 2.24) is 0 Å². The minimum absolute atomic E-state index is 0.0724. The Morgan fingerprint density at radius 3 is 2.30 bits per heavy atom. The molecule has 0 radical (unpaired) electrons. The Morgan fingerprint density at radius 1 is 1.05 bits per heavy atom. The van der Waals surface area contributed by atoms with Gasteiger partial charge >= 0.3 is 6.18 Å². The van der Waals surface area contributed by atoms with Crippen LogP contribution in [0.25, 0.3) is 0 Å². The molecule has 0 heterocycles. The molecule has 2 rings (SSSR count). The van der Waals surface area contributed by atoms with Crippen LogP contribution < -0.4 is 5.32 Å². The van der Waals surface area contributed by atoms with E-state index in [1.54, 1.807) is 0 Å². The summed E-state index contributed by atoms with van der Waals surface area (Å²) in [7, 11) is 0. The van der Waals surface area contributed by atoms with Gasteiger partial charge < -0.3 is 5.32 Å². The van der Waals surface area contributed by atoms with Crippen LogP contribution in [0, 0.1) is 0 Å². The third-order valence-electron chi connectivity index (χ3n) is 2.96. The van der Waals surface area contributed by atoms with E-state index in [1.807, 2.05) is 37.3 Å². The molecule has 0 aliphatic carbocycles. The molecule has 0 spiro atoms.